The van der Waals surface area contributed by atoms with Gasteiger partial charge in [-0.25, -0.2) is 0 Å². The molecule has 6 nitrogen and oxygen atoms in total. The predicted octanol–water partition coefficient (Wildman–Crippen LogP) is 6.04. The van der Waals surface area contributed by atoms with Gasteiger partial charge in [-0.2, -0.15) is 0 Å². The summed E-state index contributed by atoms with van der Waals surface area (Å²) >= 11 is 0. The van der Waals surface area contributed by atoms with Crippen molar-refractivity contribution in [1.29, 1.82) is 0 Å². The highest BCUT2D eigenvalue weighted by atomic mass is 16.5. The highest BCUT2D eigenvalue weighted by molar-refractivity contribution is 5.83. The molecule has 0 aromatic carbocycles. The van der Waals surface area contributed by atoms with Gasteiger partial charge in [0.15, 0.2) is 6.29 Å². The first kappa shape index (κ1) is 29.5. The molecule has 2 rings (SSSR count). The van der Waals surface area contributed by atoms with E-state index in [0.29, 0.717) is 43.2 Å². The summed E-state index contributed by atoms with van der Waals surface area (Å²) in [7, 11) is 1.70. The van der Waals surface area contributed by atoms with Crippen LogP contribution in [0.15, 0.2) is 52.4 Å². The van der Waals surface area contributed by atoms with E-state index in [9.17, 15) is 14.4 Å². The first-order valence-corrected chi connectivity index (χ1v) is 13.6. The normalized spacial score (nSPS) is 19.2. The van der Waals surface area contributed by atoms with E-state index in [1.54, 1.807) is 19.4 Å². The third-order valence-corrected chi connectivity index (χ3v) is 7.07. The fraction of sp³-hybridized carbons (Fsp3) is 0.600. The number of hydrogen-bond acceptors (Lipinski definition) is 5. The zero-order chi connectivity index (χ0) is 26.2. The van der Waals surface area contributed by atoms with E-state index in [2.05, 4.69) is 35.5 Å². The van der Waals surface area contributed by atoms with Gasteiger partial charge in [-0.15, -0.1) is 0 Å². The van der Waals surface area contributed by atoms with Gasteiger partial charge in [-0.3, -0.25) is 19.4 Å². The van der Waals surface area contributed by atoms with Crippen molar-refractivity contribution < 1.29 is 19.1 Å². The Kier molecular flexibility index (Phi) is 13.8. The molecule has 0 aromatic rings. The summed E-state index contributed by atoms with van der Waals surface area (Å²) in [5, 5.41) is 2.89. The largest absolute Gasteiger partial charge is 0.497 e. The number of aldehydes is 1. The van der Waals surface area contributed by atoms with Crippen molar-refractivity contribution in [3.8, 4) is 0 Å². The second-order valence-electron chi connectivity index (χ2n) is 9.76. The third-order valence-electron chi connectivity index (χ3n) is 7.07. The van der Waals surface area contributed by atoms with Crippen LogP contribution in [0.5, 0.6) is 0 Å². The molecule has 0 saturated heterocycles. The molecule has 6 heteroatoms. The summed E-state index contributed by atoms with van der Waals surface area (Å²) in [6.07, 6.45) is 21.8. The van der Waals surface area contributed by atoms with Crippen molar-refractivity contribution in [3.05, 3.63) is 47.4 Å². The lowest BCUT2D eigenvalue weighted by Gasteiger charge is -2.25. The third kappa shape index (κ3) is 10.5. The molecule has 0 aliphatic heterocycles. The molecule has 198 valence electrons. The Balaban J connectivity index is 1.67. The number of nitrogens with one attached hydrogen (secondary N) is 1. The fourth-order valence-corrected chi connectivity index (χ4v) is 4.81. The van der Waals surface area contributed by atoms with Crippen molar-refractivity contribution in [3.63, 3.8) is 0 Å². The molecule has 1 amide bonds. The number of Topliss-reactive ketones (excluding diaryl/α,β-unsaturated/α-hetero) is 1. The molecule has 36 heavy (non-hydrogen) atoms. The lowest BCUT2D eigenvalue weighted by atomic mass is 9.80. The number of ether oxygens (including phenoxy) is 1. The van der Waals surface area contributed by atoms with E-state index in [-0.39, 0.29) is 17.6 Å². The molecule has 3 unspecified atom stereocenters. The Morgan fingerprint density at radius 3 is 2.72 bits per heavy atom. The lowest BCUT2D eigenvalue weighted by molar-refractivity contribution is -0.122. The van der Waals surface area contributed by atoms with Crippen LogP contribution in [-0.2, 0) is 19.1 Å². The van der Waals surface area contributed by atoms with Crippen LogP contribution < -0.4 is 5.32 Å². The number of methoxy groups -OCH3 is 1. The van der Waals surface area contributed by atoms with Crippen molar-refractivity contribution in [1.82, 2.24) is 5.32 Å². The van der Waals surface area contributed by atoms with Crippen molar-refractivity contribution >= 4 is 24.2 Å². The van der Waals surface area contributed by atoms with E-state index in [4.69, 9.17) is 4.74 Å². The summed E-state index contributed by atoms with van der Waals surface area (Å²) < 4.78 is 5.30. The maximum atomic E-state index is 12.4. The van der Waals surface area contributed by atoms with Gasteiger partial charge in [0.1, 0.15) is 11.5 Å². The summed E-state index contributed by atoms with van der Waals surface area (Å²) in [5.74, 6) is 2.19. The second-order valence-corrected chi connectivity index (χ2v) is 9.76. The maximum Gasteiger partial charge on any atom is 0.220 e. The zero-order valence-electron chi connectivity index (χ0n) is 22.3. The van der Waals surface area contributed by atoms with E-state index in [0.717, 1.165) is 62.7 Å². The van der Waals surface area contributed by atoms with Crippen molar-refractivity contribution in [2.75, 3.05) is 13.7 Å². The molecule has 0 fully saturated rings. The SMILES string of the molecule is CCCC(CCCC(=O)CCNC(=O)CC(C=NC1=C(C=O)C=CCC1)CC)C1C=CC(OC)=CC1. The minimum absolute atomic E-state index is 0.00570. The van der Waals surface area contributed by atoms with Crippen LogP contribution in [-0.4, -0.2) is 37.8 Å². The van der Waals surface area contributed by atoms with E-state index in [1.807, 2.05) is 13.0 Å². The summed E-state index contributed by atoms with van der Waals surface area (Å²) in [6.45, 7) is 4.61. The molecule has 0 radical (unpaired) electrons. The number of aliphatic imine (C=N–C) groups is 1. The number of rotatable bonds is 17. The number of carbonyl (C=O) groups excluding carboxylic acids is 3. The second kappa shape index (κ2) is 16.8. The van der Waals surface area contributed by atoms with Crippen LogP contribution in [0.3, 0.4) is 0 Å². The Morgan fingerprint density at radius 1 is 1.22 bits per heavy atom. The molecule has 2 aliphatic rings. The van der Waals surface area contributed by atoms with Crippen LogP contribution in [0, 0.1) is 17.8 Å². The minimum Gasteiger partial charge on any atom is -0.497 e. The number of ketones is 1. The monoisotopic (exact) mass is 496 g/mol. The first-order valence-electron chi connectivity index (χ1n) is 13.6. The number of nitrogens with zero attached hydrogens (tertiary/aromatic N) is 1. The molecule has 0 heterocycles. The number of hydrogen-bond donors (Lipinski definition) is 1. The maximum absolute atomic E-state index is 12.4. The quantitative estimate of drug-likeness (QED) is 0.196. The van der Waals surface area contributed by atoms with Gasteiger partial charge >= 0.3 is 0 Å². The number of amides is 1. The van der Waals surface area contributed by atoms with Crippen LogP contribution >= 0.6 is 0 Å². The Labute approximate surface area is 217 Å². The molecule has 2 aliphatic carbocycles. The van der Waals surface area contributed by atoms with Gasteiger partial charge in [0.2, 0.25) is 5.91 Å². The average molecular weight is 497 g/mol. The molecular formula is C30H44N2O4. The van der Waals surface area contributed by atoms with Crippen LogP contribution in [0.25, 0.3) is 0 Å². The first-order chi connectivity index (χ1) is 17.5. The smallest absolute Gasteiger partial charge is 0.220 e. The lowest BCUT2D eigenvalue weighted by Crippen LogP contribution is -2.28. The number of carbonyl (C=O) groups is 3. The highest BCUT2D eigenvalue weighted by Gasteiger charge is 2.20. The summed E-state index contributed by atoms with van der Waals surface area (Å²) in [5.41, 5.74) is 1.40. The molecule has 0 aromatic heterocycles. The zero-order valence-corrected chi connectivity index (χ0v) is 22.3. The van der Waals surface area contributed by atoms with E-state index >= 15 is 0 Å². The molecular weight excluding hydrogens is 452 g/mol. The van der Waals surface area contributed by atoms with Crippen LogP contribution in [0.4, 0.5) is 0 Å². The summed E-state index contributed by atoms with van der Waals surface area (Å²) in [6, 6.07) is 0. The van der Waals surface area contributed by atoms with Gasteiger partial charge in [0, 0.05) is 43.5 Å². The standard InChI is InChI=1S/C30H44N2O4/c1-4-9-24(25-14-16-28(36-3)17-15-25)11-8-12-27(34)18-19-31-30(35)20-23(5-2)21-32-29-13-7-6-10-26(29)22-33/h6,10,14,16-17,21-25H,4-5,7-9,11-13,15,18-20H2,1-3H3,(H,31,35). The highest BCUT2D eigenvalue weighted by Crippen LogP contribution is 2.31. The Bertz CT molecular complexity index is 881. The van der Waals surface area contributed by atoms with Gasteiger partial charge in [0.05, 0.1) is 12.8 Å². The van der Waals surface area contributed by atoms with Crippen LogP contribution in [0.1, 0.15) is 84.5 Å². The van der Waals surface area contributed by atoms with E-state index < -0.39 is 0 Å². The molecule has 0 bridgehead atoms. The van der Waals surface area contributed by atoms with Gasteiger partial charge < -0.3 is 10.1 Å². The minimum atomic E-state index is -0.0650. The average Bonchev–Trinajstić information content (AvgIpc) is 2.90. The Hall–Kier alpha value is -2.76. The predicted molar refractivity (Wildman–Crippen MR) is 146 cm³/mol. The van der Waals surface area contributed by atoms with Crippen molar-refractivity contribution in [2.24, 2.45) is 22.7 Å². The molecule has 3 atom stereocenters. The van der Waals surface area contributed by atoms with Gasteiger partial charge in [0.25, 0.3) is 0 Å². The summed E-state index contributed by atoms with van der Waals surface area (Å²) in [4.78, 5) is 40.4. The van der Waals surface area contributed by atoms with E-state index in [1.165, 1.54) is 6.42 Å². The topological polar surface area (TPSA) is 84.8 Å². The molecule has 0 spiro atoms. The van der Waals surface area contributed by atoms with Crippen LogP contribution in [0.2, 0.25) is 0 Å². The fourth-order valence-electron chi connectivity index (χ4n) is 4.81. The Morgan fingerprint density at radius 2 is 2.06 bits per heavy atom. The molecule has 1 N–H and O–H groups in total. The van der Waals surface area contributed by atoms with Crippen molar-refractivity contribution in [2.45, 2.75) is 84.5 Å². The molecule has 0 saturated carbocycles. The number of allylic oxidation sites excluding steroid dienone is 7. The van der Waals surface area contributed by atoms with Gasteiger partial charge in [-0.05, 0) is 62.5 Å². The van der Waals surface area contributed by atoms with Gasteiger partial charge in [-0.1, -0.05) is 44.9 Å².